The van der Waals surface area contributed by atoms with Gasteiger partial charge in [0, 0.05) is 26.8 Å². The van der Waals surface area contributed by atoms with E-state index in [2.05, 4.69) is 10.3 Å². The van der Waals surface area contributed by atoms with Gasteiger partial charge in [-0.05, 0) is 7.05 Å². The zero-order chi connectivity index (χ0) is 10.6. The number of aromatic nitrogens is 2. The molecule has 5 nitrogen and oxygen atoms in total. The van der Waals surface area contributed by atoms with Crippen molar-refractivity contribution >= 4 is 5.91 Å². The number of rotatable bonds is 4. The van der Waals surface area contributed by atoms with E-state index in [0.29, 0.717) is 6.54 Å². The quantitative estimate of drug-likeness (QED) is 0.718. The Kier molecular flexibility index (Phi) is 3.64. The summed E-state index contributed by atoms with van der Waals surface area (Å²) in [6.45, 7) is 1.08. The van der Waals surface area contributed by atoms with Crippen LogP contribution in [-0.2, 0) is 17.9 Å². The number of hydrogen-bond acceptors (Lipinski definition) is 3. The zero-order valence-electron chi connectivity index (χ0n) is 8.82. The third kappa shape index (κ3) is 2.85. The number of likely N-dealkylation sites (N-methyl/N-ethyl adjacent to an activating group) is 1. The highest BCUT2D eigenvalue weighted by molar-refractivity contribution is 5.75. The van der Waals surface area contributed by atoms with Crippen molar-refractivity contribution in [1.29, 1.82) is 0 Å². The summed E-state index contributed by atoms with van der Waals surface area (Å²) in [7, 11) is 5.35. The first kappa shape index (κ1) is 10.7. The van der Waals surface area contributed by atoms with E-state index >= 15 is 0 Å². The lowest BCUT2D eigenvalue weighted by molar-refractivity contribution is -0.129. The maximum absolute atomic E-state index is 11.3. The number of imidazole rings is 1. The van der Waals surface area contributed by atoms with Crippen LogP contribution in [0.3, 0.4) is 0 Å². The van der Waals surface area contributed by atoms with E-state index in [1.54, 1.807) is 29.9 Å². The molecule has 0 saturated carbocycles. The molecule has 1 aromatic rings. The second-order valence-electron chi connectivity index (χ2n) is 3.36. The van der Waals surface area contributed by atoms with Crippen molar-refractivity contribution in [1.82, 2.24) is 19.8 Å². The summed E-state index contributed by atoms with van der Waals surface area (Å²) in [5.74, 6) is 0.0680. The maximum atomic E-state index is 11.3. The third-order valence-electron chi connectivity index (χ3n) is 1.86. The summed E-state index contributed by atoms with van der Waals surface area (Å²) in [5, 5.41) is 3.00. The van der Waals surface area contributed by atoms with Crippen LogP contribution in [0, 0.1) is 0 Å². The Balaban J connectivity index is 2.55. The molecule has 0 aromatic carbocycles. The normalized spacial score (nSPS) is 10.2. The average molecular weight is 196 g/mol. The molecule has 1 N–H and O–H groups in total. The molecule has 78 valence electrons. The Labute approximate surface area is 83.7 Å². The Morgan fingerprint density at radius 2 is 2.36 bits per heavy atom. The summed E-state index contributed by atoms with van der Waals surface area (Å²) in [6, 6.07) is 0. The largest absolute Gasteiger partial charge is 0.347 e. The standard InChI is InChI=1S/C9H16N4O/c1-10-4-8-5-13(7-11-8)6-9(14)12(2)3/h5,7,10H,4,6H2,1-3H3. The SMILES string of the molecule is CNCc1cn(CC(=O)N(C)C)cn1. The number of carbonyl (C=O) groups excluding carboxylic acids is 1. The molecule has 0 saturated heterocycles. The first-order valence-electron chi connectivity index (χ1n) is 4.49. The molecular weight excluding hydrogens is 180 g/mol. The summed E-state index contributed by atoms with van der Waals surface area (Å²) < 4.78 is 1.79. The molecule has 0 aliphatic heterocycles. The molecule has 1 heterocycles. The van der Waals surface area contributed by atoms with Gasteiger partial charge in [-0.3, -0.25) is 4.79 Å². The minimum absolute atomic E-state index is 0.0680. The monoisotopic (exact) mass is 196 g/mol. The van der Waals surface area contributed by atoms with Crippen molar-refractivity contribution in [3.05, 3.63) is 18.2 Å². The molecule has 1 aromatic heterocycles. The van der Waals surface area contributed by atoms with Gasteiger partial charge in [0.1, 0.15) is 6.54 Å². The van der Waals surface area contributed by atoms with Crippen LogP contribution in [0.5, 0.6) is 0 Å². The van der Waals surface area contributed by atoms with Gasteiger partial charge in [-0.15, -0.1) is 0 Å². The van der Waals surface area contributed by atoms with Crippen LogP contribution in [0.2, 0.25) is 0 Å². The minimum atomic E-state index is 0.0680. The van der Waals surface area contributed by atoms with Crippen LogP contribution in [0.15, 0.2) is 12.5 Å². The second-order valence-corrected chi connectivity index (χ2v) is 3.36. The van der Waals surface area contributed by atoms with E-state index in [0.717, 1.165) is 12.2 Å². The first-order valence-corrected chi connectivity index (χ1v) is 4.49. The van der Waals surface area contributed by atoms with Gasteiger partial charge in [0.05, 0.1) is 12.0 Å². The van der Waals surface area contributed by atoms with Gasteiger partial charge in [-0.25, -0.2) is 4.98 Å². The molecule has 14 heavy (non-hydrogen) atoms. The lowest BCUT2D eigenvalue weighted by atomic mass is 10.4. The molecular formula is C9H16N4O. The van der Waals surface area contributed by atoms with Crippen LogP contribution in [0.25, 0.3) is 0 Å². The Hall–Kier alpha value is -1.36. The molecule has 0 bridgehead atoms. The first-order chi connectivity index (χ1) is 6.63. The van der Waals surface area contributed by atoms with Crippen LogP contribution >= 0.6 is 0 Å². The van der Waals surface area contributed by atoms with Crippen LogP contribution < -0.4 is 5.32 Å². The van der Waals surface area contributed by atoms with E-state index < -0.39 is 0 Å². The van der Waals surface area contributed by atoms with Crippen molar-refractivity contribution in [2.75, 3.05) is 21.1 Å². The topological polar surface area (TPSA) is 50.2 Å². The average Bonchev–Trinajstić information content (AvgIpc) is 2.53. The summed E-state index contributed by atoms with van der Waals surface area (Å²) in [4.78, 5) is 17.1. The molecule has 0 aliphatic carbocycles. The molecule has 0 spiro atoms. The molecule has 5 heteroatoms. The fourth-order valence-electron chi connectivity index (χ4n) is 1.06. The van der Waals surface area contributed by atoms with Crippen LogP contribution in [0.4, 0.5) is 0 Å². The number of nitrogens with zero attached hydrogens (tertiary/aromatic N) is 3. The van der Waals surface area contributed by atoms with Gasteiger partial charge in [0.2, 0.25) is 5.91 Å². The fraction of sp³-hybridized carbons (Fsp3) is 0.556. The maximum Gasteiger partial charge on any atom is 0.242 e. The predicted octanol–water partition coefficient (Wildman–Crippen LogP) is -0.309. The lowest BCUT2D eigenvalue weighted by Gasteiger charge is -2.09. The highest BCUT2D eigenvalue weighted by Gasteiger charge is 2.05. The van der Waals surface area contributed by atoms with Crippen LogP contribution in [-0.4, -0.2) is 41.5 Å². The van der Waals surface area contributed by atoms with E-state index in [1.165, 1.54) is 0 Å². The van der Waals surface area contributed by atoms with Gasteiger partial charge in [-0.2, -0.15) is 0 Å². The predicted molar refractivity (Wildman–Crippen MR) is 53.7 cm³/mol. The molecule has 0 aliphatic rings. The Morgan fingerprint density at radius 3 is 2.93 bits per heavy atom. The van der Waals surface area contributed by atoms with Crippen molar-refractivity contribution < 1.29 is 4.79 Å². The highest BCUT2D eigenvalue weighted by Crippen LogP contribution is 1.96. The van der Waals surface area contributed by atoms with Crippen molar-refractivity contribution in [3.63, 3.8) is 0 Å². The van der Waals surface area contributed by atoms with Gasteiger partial charge >= 0.3 is 0 Å². The minimum Gasteiger partial charge on any atom is -0.347 e. The molecule has 1 rings (SSSR count). The summed E-state index contributed by atoms with van der Waals surface area (Å²) in [6.07, 6.45) is 3.55. The van der Waals surface area contributed by atoms with Gasteiger partial charge in [-0.1, -0.05) is 0 Å². The molecule has 1 amide bonds. The van der Waals surface area contributed by atoms with E-state index in [4.69, 9.17) is 0 Å². The van der Waals surface area contributed by atoms with E-state index in [9.17, 15) is 4.79 Å². The Morgan fingerprint density at radius 1 is 1.64 bits per heavy atom. The van der Waals surface area contributed by atoms with E-state index in [-0.39, 0.29) is 5.91 Å². The molecule has 0 fully saturated rings. The molecule has 0 unspecified atom stereocenters. The number of nitrogens with one attached hydrogen (secondary N) is 1. The van der Waals surface area contributed by atoms with Crippen LogP contribution in [0.1, 0.15) is 5.69 Å². The van der Waals surface area contributed by atoms with Gasteiger partial charge < -0.3 is 14.8 Å². The van der Waals surface area contributed by atoms with Crippen molar-refractivity contribution in [3.8, 4) is 0 Å². The second kappa shape index (κ2) is 4.76. The smallest absolute Gasteiger partial charge is 0.242 e. The zero-order valence-corrected chi connectivity index (χ0v) is 8.82. The van der Waals surface area contributed by atoms with Gasteiger partial charge in [0.25, 0.3) is 0 Å². The fourth-order valence-corrected chi connectivity index (χ4v) is 1.06. The van der Waals surface area contributed by atoms with Crippen molar-refractivity contribution in [2.45, 2.75) is 13.1 Å². The number of hydrogen-bond donors (Lipinski definition) is 1. The third-order valence-corrected chi connectivity index (χ3v) is 1.86. The summed E-state index contributed by atoms with van der Waals surface area (Å²) in [5.41, 5.74) is 0.944. The number of carbonyl (C=O) groups is 1. The Bertz CT molecular complexity index is 306. The van der Waals surface area contributed by atoms with Crippen molar-refractivity contribution in [2.24, 2.45) is 0 Å². The summed E-state index contributed by atoms with van der Waals surface area (Å²) >= 11 is 0. The highest BCUT2D eigenvalue weighted by atomic mass is 16.2. The lowest BCUT2D eigenvalue weighted by Crippen LogP contribution is -2.25. The van der Waals surface area contributed by atoms with E-state index in [1.807, 2.05) is 13.2 Å². The molecule has 0 radical (unpaired) electrons. The molecule has 0 atom stereocenters. The van der Waals surface area contributed by atoms with Gasteiger partial charge in [0.15, 0.2) is 0 Å². The number of amides is 1.